The summed E-state index contributed by atoms with van der Waals surface area (Å²) in [5.41, 5.74) is 0. The molecule has 2 aliphatic rings. The number of carbonyl (C=O) groups excluding carboxylic acids is 1. The number of aliphatic carboxylic acids is 1. The summed E-state index contributed by atoms with van der Waals surface area (Å²) in [4.78, 5) is 31.0. The maximum atomic E-state index is 12.4. The molecular formula is C17H25N3O3S. The van der Waals surface area contributed by atoms with Crippen molar-refractivity contribution in [3.63, 3.8) is 0 Å². The molecule has 1 aliphatic carbocycles. The molecule has 3 rings (SSSR count). The molecule has 24 heavy (non-hydrogen) atoms. The average molecular weight is 351 g/mol. The molecular weight excluding hydrogens is 326 g/mol. The molecule has 1 aromatic heterocycles. The number of piperidine rings is 1. The Labute approximate surface area is 146 Å². The number of nitrogens with one attached hydrogen (secondary N) is 1. The van der Waals surface area contributed by atoms with E-state index in [9.17, 15) is 9.59 Å². The van der Waals surface area contributed by atoms with Crippen molar-refractivity contribution in [2.45, 2.75) is 57.4 Å². The Kier molecular flexibility index (Phi) is 5.38. The molecule has 6 nitrogen and oxygen atoms in total. The SMILES string of the molecule is Cc1cnc(C2CCN(C(=O)NC3CCC(C(=O)O)CC3)CC2)s1. The van der Waals surface area contributed by atoms with Gasteiger partial charge in [-0.3, -0.25) is 4.79 Å². The highest BCUT2D eigenvalue weighted by atomic mass is 32.1. The van der Waals surface area contributed by atoms with Gasteiger partial charge in [0.05, 0.1) is 10.9 Å². The van der Waals surface area contributed by atoms with Gasteiger partial charge in [0.2, 0.25) is 0 Å². The molecule has 1 aliphatic heterocycles. The van der Waals surface area contributed by atoms with Gasteiger partial charge in [0.1, 0.15) is 0 Å². The molecule has 2 amide bonds. The number of rotatable bonds is 3. The second kappa shape index (κ2) is 7.51. The maximum Gasteiger partial charge on any atom is 0.317 e. The van der Waals surface area contributed by atoms with Crippen LogP contribution in [-0.4, -0.2) is 46.1 Å². The molecule has 132 valence electrons. The van der Waals surface area contributed by atoms with Crippen LogP contribution in [0.2, 0.25) is 0 Å². The first-order chi connectivity index (χ1) is 11.5. The smallest absolute Gasteiger partial charge is 0.317 e. The second-order valence-electron chi connectivity index (χ2n) is 6.91. The minimum atomic E-state index is -0.709. The van der Waals surface area contributed by atoms with Crippen molar-refractivity contribution in [3.05, 3.63) is 16.1 Å². The van der Waals surface area contributed by atoms with Crippen molar-refractivity contribution in [1.29, 1.82) is 0 Å². The van der Waals surface area contributed by atoms with Crippen LogP contribution in [0.4, 0.5) is 4.79 Å². The lowest BCUT2D eigenvalue weighted by atomic mass is 9.86. The van der Waals surface area contributed by atoms with Crippen molar-refractivity contribution in [2.24, 2.45) is 5.92 Å². The number of likely N-dealkylation sites (tertiary alicyclic amines) is 1. The molecule has 2 N–H and O–H groups in total. The van der Waals surface area contributed by atoms with E-state index in [-0.39, 0.29) is 18.0 Å². The molecule has 0 spiro atoms. The Bertz CT molecular complexity index is 588. The Balaban J connectivity index is 1.43. The number of carboxylic acid groups (broad SMARTS) is 1. The number of carbonyl (C=O) groups is 2. The highest BCUT2D eigenvalue weighted by molar-refractivity contribution is 7.11. The summed E-state index contributed by atoms with van der Waals surface area (Å²) in [5, 5.41) is 13.3. The molecule has 0 aromatic carbocycles. The molecule has 0 unspecified atom stereocenters. The fraction of sp³-hybridized carbons (Fsp3) is 0.706. The van der Waals surface area contributed by atoms with E-state index in [4.69, 9.17) is 5.11 Å². The van der Waals surface area contributed by atoms with Crippen molar-refractivity contribution < 1.29 is 14.7 Å². The van der Waals surface area contributed by atoms with Gasteiger partial charge >= 0.3 is 12.0 Å². The number of amides is 2. The van der Waals surface area contributed by atoms with Crippen molar-refractivity contribution in [3.8, 4) is 0 Å². The van der Waals surface area contributed by atoms with E-state index in [1.165, 1.54) is 9.88 Å². The van der Waals surface area contributed by atoms with Crippen LogP contribution < -0.4 is 5.32 Å². The summed E-state index contributed by atoms with van der Waals surface area (Å²) in [7, 11) is 0. The van der Waals surface area contributed by atoms with Gasteiger partial charge in [-0.15, -0.1) is 11.3 Å². The van der Waals surface area contributed by atoms with Crippen LogP contribution in [-0.2, 0) is 4.79 Å². The van der Waals surface area contributed by atoms with Crippen LogP contribution in [0.5, 0.6) is 0 Å². The molecule has 2 heterocycles. The van der Waals surface area contributed by atoms with Crippen molar-refractivity contribution in [1.82, 2.24) is 15.2 Å². The highest BCUT2D eigenvalue weighted by Gasteiger charge is 2.29. The van der Waals surface area contributed by atoms with Gasteiger partial charge in [-0.05, 0) is 45.4 Å². The standard InChI is InChI=1S/C17H25N3O3S/c1-11-10-18-15(24-11)12-6-8-20(9-7-12)17(23)19-14-4-2-13(3-5-14)16(21)22/h10,12-14H,2-9H2,1H3,(H,19,23)(H,21,22). The molecule has 1 aromatic rings. The zero-order chi connectivity index (χ0) is 17.1. The van der Waals surface area contributed by atoms with Gasteiger partial charge in [-0.25, -0.2) is 9.78 Å². The Hall–Kier alpha value is -1.63. The number of aryl methyl sites for hydroxylation is 1. The van der Waals surface area contributed by atoms with Crippen LogP contribution in [0.15, 0.2) is 6.20 Å². The van der Waals surface area contributed by atoms with Crippen LogP contribution >= 0.6 is 11.3 Å². The minimum absolute atomic E-state index is 0.00236. The number of carboxylic acids is 1. The van der Waals surface area contributed by atoms with E-state index < -0.39 is 5.97 Å². The maximum absolute atomic E-state index is 12.4. The number of hydrogen-bond donors (Lipinski definition) is 2. The fourth-order valence-electron chi connectivity index (χ4n) is 3.64. The van der Waals surface area contributed by atoms with Crippen LogP contribution in [0.3, 0.4) is 0 Å². The van der Waals surface area contributed by atoms with Crippen molar-refractivity contribution >= 4 is 23.3 Å². The van der Waals surface area contributed by atoms with E-state index in [0.717, 1.165) is 38.8 Å². The lowest BCUT2D eigenvalue weighted by Crippen LogP contribution is -2.48. The lowest BCUT2D eigenvalue weighted by molar-refractivity contribution is -0.142. The summed E-state index contributed by atoms with van der Waals surface area (Å²) >= 11 is 1.76. The Morgan fingerprint density at radius 1 is 1.21 bits per heavy atom. The Morgan fingerprint density at radius 2 is 1.88 bits per heavy atom. The number of hydrogen-bond acceptors (Lipinski definition) is 4. The van der Waals surface area contributed by atoms with Crippen LogP contribution in [0, 0.1) is 12.8 Å². The first-order valence-electron chi connectivity index (χ1n) is 8.73. The van der Waals surface area contributed by atoms with Crippen LogP contribution in [0.1, 0.15) is 54.3 Å². The van der Waals surface area contributed by atoms with Gasteiger partial charge in [0.15, 0.2) is 0 Å². The normalized spacial score (nSPS) is 25.5. The third-order valence-electron chi connectivity index (χ3n) is 5.17. The molecule has 0 radical (unpaired) electrons. The molecule has 0 bridgehead atoms. The zero-order valence-electron chi connectivity index (χ0n) is 14.0. The van der Waals surface area contributed by atoms with E-state index in [1.807, 2.05) is 11.1 Å². The van der Waals surface area contributed by atoms with Gasteiger partial charge in [0.25, 0.3) is 0 Å². The number of nitrogens with zero attached hydrogens (tertiary/aromatic N) is 2. The predicted octanol–water partition coefficient (Wildman–Crippen LogP) is 2.98. The molecule has 7 heteroatoms. The number of thiazole rings is 1. The summed E-state index contributed by atoms with van der Waals surface area (Å²) in [5.74, 6) is -0.478. The topological polar surface area (TPSA) is 82.5 Å². The van der Waals surface area contributed by atoms with Gasteiger partial charge < -0.3 is 15.3 Å². The Morgan fingerprint density at radius 3 is 2.42 bits per heavy atom. The van der Waals surface area contributed by atoms with E-state index in [1.54, 1.807) is 11.3 Å². The summed E-state index contributed by atoms with van der Waals surface area (Å²) in [6, 6.07) is 0.120. The minimum Gasteiger partial charge on any atom is -0.481 e. The first-order valence-corrected chi connectivity index (χ1v) is 9.55. The zero-order valence-corrected chi connectivity index (χ0v) is 14.8. The highest BCUT2D eigenvalue weighted by Crippen LogP contribution is 2.31. The molecule has 1 saturated carbocycles. The second-order valence-corrected chi connectivity index (χ2v) is 8.17. The van der Waals surface area contributed by atoms with E-state index in [0.29, 0.717) is 18.8 Å². The van der Waals surface area contributed by atoms with Gasteiger partial charge in [0, 0.05) is 36.1 Å². The first kappa shape index (κ1) is 17.2. The molecule has 1 saturated heterocycles. The van der Waals surface area contributed by atoms with Gasteiger partial charge in [-0.2, -0.15) is 0 Å². The summed E-state index contributed by atoms with van der Waals surface area (Å²) < 4.78 is 0. The third kappa shape index (κ3) is 4.06. The largest absolute Gasteiger partial charge is 0.481 e. The number of urea groups is 1. The predicted molar refractivity (Wildman–Crippen MR) is 92.3 cm³/mol. The van der Waals surface area contributed by atoms with Crippen LogP contribution in [0.25, 0.3) is 0 Å². The van der Waals surface area contributed by atoms with E-state index in [2.05, 4.69) is 17.2 Å². The quantitative estimate of drug-likeness (QED) is 0.877. The number of aromatic nitrogens is 1. The molecule has 2 fully saturated rings. The summed E-state index contributed by atoms with van der Waals surface area (Å²) in [6.45, 7) is 3.60. The van der Waals surface area contributed by atoms with Crippen molar-refractivity contribution in [2.75, 3.05) is 13.1 Å². The monoisotopic (exact) mass is 351 g/mol. The average Bonchev–Trinajstić information content (AvgIpc) is 3.02. The van der Waals surface area contributed by atoms with E-state index >= 15 is 0 Å². The summed E-state index contributed by atoms with van der Waals surface area (Å²) in [6.07, 6.45) is 6.69. The van der Waals surface area contributed by atoms with Gasteiger partial charge in [-0.1, -0.05) is 0 Å². The third-order valence-corrected chi connectivity index (χ3v) is 6.25. The fourth-order valence-corrected chi connectivity index (χ4v) is 4.58. The molecule has 0 atom stereocenters. The lowest BCUT2D eigenvalue weighted by Gasteiger charge is -2.34.